The number of aliphatic carboxylic acids is 1. The van der Waals surface area contributed by atoms with Crippen LogP contribution in [0.1, 0.15) is 67.3 Å². The molecule has 0 radical (unpaired) electrons. The number of aryl methyl sites for hydroxylation is 1. The van der Waals surface area contributed by atoms with Crippen LogP contribution in [0.5, 0.6) is 0 Å². The molecule has 0 bridgehead atoms. The summed E-state index contributed by atoms with van der Waals surface area (Å²) >= 11 is 0. The summed E-state index contributed by atoms with van der Waals surface area (Å²) in [4.78, 5) is 12.8. The lowest BCUT2D eigenvalue weighted by Gasteiger charge is -2.31. The van der Waals surface area contributed by atoms with Crippen molar-refractivity contribution in [2.75, 3.05) is 20.1 Å². The molecular formula is C31H44N2O3. The Hall–Kier alpha value is -2.47. The number of rotatable bonds is 14. The summed E-state index contributed by atoms with van der Waals surface area (Å²) in [6, 6.07) is 15.2. The number of nitrogens with one attached hydrogen (secondary N) is 1. The molecule has 3 N–H and O–H groups in total. The van der Waals surface area contributed by atoms with Gasteiger partial charge in [0.2, 0.25) is 0 Å². The van der Waals surface area contributed by atoms with Gasteiger partial charge in [-0.15, -0.1) is 0 Å². The minimum Gasteiger partial charge on any atom is -0.481 e. The maximum absolute atomic E-state index is 10.7. The van der Waals surface area contributed by atoms with E-state index >= 15 is 0 Å². The SMILES string of the molecule is Cc1cc(CN(C)C[C@H](O)CNC(C)(C)CC2Cc3ccccc3C2)ccc1/C=C/CCCC(=O)O. The predicted molar refractivity (Wildman–Crippen MR) is 148 cm³/mol. The molecule has 1 aliphatic rings. The summed E-state index contributed by atoms with van der Waals surface area (Å²) in [6.07, 6.45) is 8.76. The third kappa shape index (κ3) is 9.20. The van der Waals surface area contributed by atoms with Crippen LogP contribution >= 0.6 is 0 Å². The molecule has 36 heavy (non-hydrogen) atoms. The first kappa shape index (κ1) is 28.1. The second-order valence-corrected chi connectivity index (χ2v) is 11.2. The number of fused-ring (bicyclic) bond motifs is 1. The van der Waals surface area contributed by atoms with E-state index in [2.05, 4.69) is 86.6 Å². The molecule has 3 rings (SSSR count). The Morgan fingerprint density at radius 2 is 1.89 bits per heavy atom. The number of benzene rings is 2. The van der Waals surface area contributed by atoms with Gasteiger partial charge in [0.25, 0.3) is 0 Å². The summed E-state index contributed by atoms with van der Waals surface area (Å²) < 4.78 is 0. The molecule has 0 heterocycles. The van der Waals surface area contributed by atoms with E-state index in [1.165, 1.54) is 22.3 Å². The number of nitrogens with zero attached hydrogens (tertiary/aromatic N) is 1. The van der Waals surface area contributed by atoms with Crippen molar-refractivity contribution in [2.24, 2.45) is 5.92 Å². The van der Waals surface area contributed by atoms with Crippen molar-refractivity contribution < 1.29 is 15.0 Å². The number of hydrogen-bond acceptors (Lipinski definition) is 4. The van der Waals surface area contributed by atoms with E-state index in [1.54, 1.807) is 0 Å². The van der Waals surface area contributed by atoms with Gasteiger partial charge in [-0.2, -0.15) is 0 Å². The highest BCUT2D eigenvalue weighted by molar-refractivity contribution is 5.66. The lowest BCUT2D eigenvalue weighted by atomic mass is 9.88. The number of likely N-dealkylation sites (N-methyl/N-ethyl adjacent to an activating group) is 1. The first-order valence-corrected chi connectivity index (χ1v) is 13.3. The first-order chi connectivity index (χ1) is 17.1. The van der Waals surface area contributed by atoms with Crippen LogP contribution < -0.4 is 5.32 Å². The fourth-order valence-electron chi connectivity index (χ4n) is 5.39. The zero-order valence-electron chi connectivity index (χ0n) is 22.5. The molecule has 5 nitrogen and oxygen atoms in total. The van der Waals surface area contributed by atoms with Crippen LogP contribution in [0.4, 0.5) is 0 Å². The smallest absolute Gasteiger partial charge is 0.303 e. The average molecular weight is 493 g/mol. The summed E-state index contributed by atoms with van der Waals surface area (Å²) in [5.41, 5.74) is 6.56. The number of aliphatic hydroxyl groups is 1. The number of unbranched alkanes of at least 4 members (excludes halogenated alkanes) is 1. The summed E-state index contributed by atoms with van der Waals surface area (Å²) in [7, 11) is 2.05. The van der Waals surface area contributed by atoms with Crippen LogP contribution in [-0.2, 0) is 24.2 Å². The van der Waals surface area contributed by atoms with Crippen LogP contribution in [0.2, 0.25) is 0 Å². The van der Waals surface area contributed by atoms with Gasteiger partial charge in [-0.1, -0.05) is 54.6 Å². The van der Waals surface area contributed by atoms with Gasteiger partial charge < -0.3 is 15.5 Å². The van der Waals surface area contributed by atoms with Crippen molar-refractivity contribution in [3.05, 3.63) is 76.4 Å². The van der Waals surface area contributed by atoms with Gasteiger partial charge in [0, 0.05) is 31.6 Å². The Kier molecular flexibility index (Phi) is 10.3. The summed E-state index contributed by atoms with van der Waals surface area (Å²) in [6.45, 7) is 8.58. The van der Waals surface area contributed by atoms with Crippen molar-refractivity contribution >= 4 is 12.0 Å². The number of allylic oxidation sites excluding steroid dienone is 1. The molecule has 0 amide bonds. The Bertz CT molecular complexity index is 1010. The molecule has 0 spiro atoms. The second-order valence-electron chi connectivity index (χ2n) is 11.2. The highest BCUT2D eigenvalue weighted by Crippen LogP contribution is 2.31. The van der Waals surface area contributed by atoms with Gasteiger partial charge >= 0.3 is 5.97 Å². The average Bonchev–Trinajstić information content (AvgIpc) is 3.20. The molecule has 0 saturated carbocycles. The van der Waals surface area contributed by atoms with E-state index in [4.69, 9.17) is 5.11 Å². The number of carboxylic acids is 1. The molecule has 0 aromatic heterocycles. The highest BCUT2D eigenvalue weighted by atomic mass is 16.4. The van der Waals surface area contributed by atoms with E-state index < -0.39 is 12.1 Å². The van der Waals surface area contributed by atoms with Gasteiger partial charge in [-0.3, -0.25) is 9.69 Å². The minimum atomic E-state index is -0.743. The number of aliphatic hydroxyl groups excluding tert-OH is 1. The molecule has 5 heteroatoms. The molecule has 1 aliphatic carbocycles. The fraction of sp³-hybridized carbons (Fsp3) is 0.516. The molecule has 0 saturated heterocycles. The third-order valence-corrected chi connectivity index (χ3v) is 7.12. The van der Waals surface area contributed by atoms with E-state index in [0.717, 1.165) is 37.8 Å². The zero-order chi connectivity index (χ0) is 26.1. The van der Waals surface area contributed by atoms with Gasteiger partial charge in [-0.05, 0) is 93.7 Å². The monoisotopic (exact) mass is 492 g/mol. The van der Waals surface area contributed by atoms with Crippen molar-refractivity contribution in [3.8, 4) is 0 Å². The van der Waals surface area contributed by atoms with Crippen LogP contribution in [0.25, 0.3) is 6.08 Å². The van der Waals surface area contributed by atoms with Crippen LogP contribution in [0.15, 0.2) is 48.5 Å². The Balaban J connectivity index is 1.39. The first-order valence-electron chi connectivity index (χ1n) is 13.3. The third-order valence-electron chi connectivity index (χ3n) is 7.12. The Morgan fingerprint density at radius 1 is 1.19 bits per heavy atom. The van der Waals surface area contributed by atoms with Crippen molar-refractivity contribution in [1.29, 1.82) is 0 Å². The maximum atomic E-state index is 10.7. The quantitative estimate of drug-likeness (QED) is 0.315. The number of carbonyl (C=O) groups is 1. The normalized spacial score (nSPS) is 15.1. The van der Waals surface area contributed by atoms with Crippen molar-refractivity contribution in [1.82, 2.24) is 10.2 Å². The largest absolute Gasteiger partial charge is 0.481 e. The molecule has 0 aliphatic heterocycles. The number of β-amino-alcohol motifs (C(OH)–C–C–N with tert-alkyl or cyclic N) is 1. The Morgan fingerprint density at radius 3 is 2.53 bits per heavy atom. The molecule has 2 aromatic rings. The molecule has 196 valence electrons. The van der Waals surface area contributed by atoms with Gasteiger partial charge in [-0.25, -0.2) is 0 Å². The lowest BCUT2D eigenvalue weighted by Crippen LogP contribution is -2.47. The Labute approximate surface area is 217 Å². The highest BCUT2D eigenvalue weighted by Gasteiger charge is 2.28. The second kappa shape index (κ2) is 13.2. The van der Waals surface area contributed by atoms with Gasteiger partial charge in [0.1, 0.15) is 0 Å². The lowest BCUT2D eigenvalue weighted by molar-refractivity contribution is -0.137. The topological polar surface area (TPSA) is 72.8 Å². The number of carboxylic acid groups (broad SMARTS) is 1. The molecule has 0 unspecified atom stereocenters. The van der Waals surface area contributed by atoms with E-state index in [-0.39, 0.29) is 12.0 Å². The van der Waals surface area contributed by atoms with Crippen molar-refractivity contribution in [2.45, 2.75) is 77.5 Å². The fourth-order valence-corrected chi connectivity index (χ4v) is 5.39. The molecule has 1 atom stereocenters. The van der Waals surface area contributed by atoms with E-state index in [9.17, 15) is 9.90 Å². The number of hydrogen-bond donors (Lipinski definition) is 3. The molecule has 0 fully saturated rings. The van der Waals surface area contributed by atoms with Gasteiger partial charge in [0.05, 0.1) is 6.10 Å². The molecule has 2 aromatic carbocycles. The summed E-state index contributed by atoms with van der Waals surface area (Å²) in [5, 5.41) is 23.0. The van der Waals surface area contributed by atoms with E-state index in [1.807, 2.05) is 6.08 Å². The van der Waals surface area contributed by atoms with Crippen LogP contribution in [0.3, 0.4) is 0 Å². The van der Waals surface area contributed by atoms with Crippen LogP contribution in [0, 0.1) is 12.8 Å². The predicted octanol–water partition coefficient (Wildman–Crippen LogP) is 5.23. The zero-order valence-corrected chi connectivity index (χ0v) is 22.5. The maximum Gasteiger partial charge on any atom is 0.303 e. The van der Waals surface area contributed by atoms with Gasteiger partial charge in [0.15, 0.2) is 0 Å². The van der Waals surface area contributed by atoms with E-state index in [0.29, 0.717) is 25.4 Å². The standard InChI is InChI=1S/C31H44N2O3/c1-23-16-24(14-15-26(23)10-6-5-7-13-30(35)36)21-33(4)22-29(34)20-32-31(2,3)19-25-17-27-11-8-9-12-28(27)18-25/h6,8-12,14-16,25,29,32,34H,5,7,13,17-22H2,1-4H3,(H,35,36)/b10-6+/t29-/m1/s1. The molecular weight excluding hydrogens is 448 g/mol. The van der Waals surface area contributed by atoms with Crippen molar-refractivity contribution in [3.63, 3.8) is 0 Å². The summed E-state index contributed by atoms with van der Waals surface area (Å²) in [5.74, 6) is -0.0800. The minimum absolute atomic E-state index is 0.0135. The van der Waals surface area contributed by atoms with Crippen LogP contribution in [-0.4, -0.2) is 52.9 Å².